The van der Waals surface area contributed by atoms with E-state index in [1.807, 2.05) is 0 Å². The van der Waals surface area contributed by atoms with E-state index in [0.29, 0.717) is 28.5 Å². The van der Waals surface area contributed by atoms with Crippen LogP contribution in [0, 0.1) is 0 Å². The highest BCUT2D eigenvalue weighted by molar-refractivity contribution is 7.93. The summed E-state index contributed by atoms with van der Waals surface area (Å²) in [5, 5.41) is 10.8. The summed E-state index contributed by atoms with van der Waals surface area (Å²) < 4.78 is 42.2. The van der Waals surface area contributed by atoms with Crippen LogP contribution in [0.4, 0.5) is 5.95 Å². The fourth-order valence-electron chi connectivity index (χ4n) is 3.63. The monoisotopic (exact) mass is 532 g/mol. The topological polar surface area (TPSA) is 146 Å². The molecule has 0 fully saturated rings. The summed E-state index contributed by atoms with van der Waals surface area (Å²) in [6.07, 6.45) is 8.75. The minimum Gasteiger partial charge on any atom is -0.495 e. The third kappa shape index (κ3) is 5.03. The Kier molecular flexibility index (Phi) is 7.52. The molecule has 36 heavy (non-hydrogen) atoms. The summed E-state index contributed by atoms with van der Waals surface area (Å²) in [6, 6.07) is 3.53. The summed E-state index contributed by atoms with van der Waals surface area (Å²) in [5.74, 6) is 0.234. The number of anilines is 1. The second kappa shape index (κ2) is 10.6. The van der Waals surface area contributed by atoms with Crippen molar-refractivity contribution in [1.82, 2.24) is 35.0 Å². The summed E-state index contributed by atoms with van der Waals surface area (Å²) >= 11 is 5.82. The van der Waals surface area contributed by atoms with Gasteiger partial charge in [0.2, 0.25) is 16.0 Å². The summed E-state index contributed by atoms with van der Waals surface area (Å²) in [7, 11) is -0.962. The van der Waals surface area contributed by atoms with Gasteiger partial charge in [-0.3, -0.25) is 19.3 Å². The average molecular weight is 533 g/mol. The third-order valence-electron chi connectivity index (χ3n) is 5.80. The number of halogens is 1. The molecule has 1 unspecified atom stereocenters. The fraction of sp³-hybridized carbons (Fsp3) is 0.318. The minimum atomic E-state index is -3.98. The highest BCUT2D eigenvalue weighted by Gasteiger charge is 2.33. The number of nitrogens with one attached hydrogen (secondary N) is 2. The molecule has 1 aliphatic heterocycles. The van der Waals surface area contributed by atoms with Gasteiger partial charge in [0.05, 0.1) is 30.4 Å². The van der Waals surface area contributed by atoms with Gasteiger partial charge < -0.3 is 14.8 Å². The number of aromatic nitrogens is 6. The lowest BCUT2D eigenvalue weighted by Gasteiger charge is -2.27. The molecule has 0 amide bonds. The molecule has 0 aliphatic carbocycles. The number of ether oxygens (including phenoxy) is 2. The number of allylic oxidation sites excluding steroid dienone is 1. The predicted octanol–water partition coefficient (Wildman–Crippen LogP) is 2.62. The molecule has 4 rings (SSSR count). The van der Waals surface area contributed by atoms with Gasteiger partial charge in [-0.25, -0.2) is 13.4 Å². The Labute approximate surface area is 213 Å². The molecule has 3 atom stereocenters. The molecular weight excluding hydrogens is 508 g/mol. The lowest BCUT2D eigenvalue weighted by atomic mass is 10.1. The zero-order valence-electron chi connectivity index (χ0n) is 20.0. The maximum absolute atomic E-state index is 13.5. The maximum Gasteiger partial charge on any atom is 0.243 e. The Balaban J connectivity index is 1.79. The van der Waals surface area contributed by atoms with Crippen LogP contribution < -0.4 is 10.0 Å². The van der Waals surface area contributed by atoms with E-state index in [4.69, 9.17) is 21.1 Å². The molecule has 3 aromatic rings. The van der Waals surface area contributed by atoms with Crippen LogP contribution in [0.3, 0.4) is 0 Å². The van der Waals surface area contributed by atoms with Crippen molar-refractivity contribution in [2.75, 3.05) is 18.9 Å². The number of hydrogen-bond acceptors (Lipinski definition) is 10. The number of dihydropyridines is 1. The van der Waals surface area contributed by atoms with E-state index in [1.165, 1.54) is 31.2 Å². The Morgan fingerprint density at radius 1 is 1.17 bits per heavy atom. The largest absolute Gasteiger partial charge is 0.495 e. The van der Waals surface area contributed by atoms with Crippen molar-refractivity contribution < 1.29 is 17.9 Å². The van der Waals surface area contributed by atoms with Crippen LogP contribution in [0.1, 0.15) is 25.5 Å². The van der Waals surface area contributed by atoms with Gasteiger partial charge in [0.25, 0.3) is 0 Å². The van der Waals surface area contributed by atoms with Crippen LogP contribution in [0.5, 0.6) is 0 Å². The highest BCUT2D eigenvalue weighted by Crippen LogP contribution is 2.32. The Morgan fingerprint density at radius 3 is 2.61 bits per heavy atom. The number of pyridine rings is 1. The van der Waals surface area contributed by atoms with Gasteiger partial charge in [0.1, 0.15) is 16.6 Å². The van der Waals surface area contributed by atoms with E-state index in [-0.39, 0.29) is 11.1 Å². The molecule has 3 aromatic heterocycles. The number of rotatable bonds is 9. The first-order valence-electron chi connectivity index (χ1n) is 10.9. The molecular formula is C22H25ClN8O4S. The standard InChI is InChI=1S/C22H25ClN8O4S/c1-13(16-11-27-18(23)12-26-16)14(2)36(32,33)30-22-29-28-20(15-6-5-8-24-10-15)31(22)19-17(34-3)7-9-25-21(19)35-4/h5-14,21,25H,1-4H3,(H,29,30)/t13-,14-,21?/m0/s1. The van der Waals surface area contributed by atoms with Crippen LogP contribution in [0.25, 0.3) is 17.1 Å². The van der Waals surface area contributed by atoms with Crippen molar-refractivity contribution >= 4 is 33.3 Å². The van der Waals surface area contributed by atoms with Crippen LogP contribution in [-0.2, 0) is 19.5 Å². The first kappa shape index (κ1) is 25.5. The predicted molar refractivity (Wildman–Crippen MR) is 134 cm³/mol. The molecule has 190 valence electrons. The van der Waals surface area contributed by atoms with Gasteiger partial charge in [-0.05, 0) is 25.1 Å². The summed E-state index contributed by atoms with van der Waals surface area (Å²) in [5.41, 5.74) is 1.55. The van der Waals surface area contributed by atoms with Gasteiger partial charge in [-0.2, -0.15) is 0 Å². The molecule has 14 heteroatoms. The first-order chi connectivity index (χ1) is 17.3. The van der Waals surface area contributed by atoms with Crippen LogP contribution >= 0.6 is 11.6 Å². The van der Waals surface area contributed by atoms with Crippen molar-refractivity contribution in [2.24, 2.45) is 0 Å². The third-order valence-corrected chi connectivity index (χ3v) is 7.85. The molecule has 0 aromatic carbocycles. The van der Waals surface area contributed by atoms with Gasteiger partial charge in [-0.1, -0.05) is 18.5 Å². The van der Waals surface area contributed by atoms with Crippen molar-refractivity contribution in [3.05, 3.63) is 65.8 Å². The lowest BCUT2D eigenvalue weighted by molar-refractivity contribution is 0.122. The lowest BCUT2D eigenvalue weighted by Crippen LogP contribution is -2.35. The molecule has 0 radical (unpaired) electrons. The van der Waals surface area contributed by atoms with Crippen LogP contribution in [0.15, 0.2) is 55.0 Å². The number of nitrogens with zero attached hydrogens (tertiary/aromatic N) is 6. The Bertz CT molecular complexity index is 1380. The smallest absolute Gasteiger partial charge is 0.243 e. The van der Waals surface area contributed by atoms with E-state index in [0.717, 1.165) is 0 Å². The molecule has 0 saturated carbocycles. The minimum absolute atomic E-state index is 0.0428. The first-order valence-corrected chi connectivity index (χ1v) is 12.8. The summed E-state index contributed by atoms with van der Waals surface area (Å²) in [6.45, 7) is 3.32. The van der Waals surface area contributed by atoms with Crippen LogP contribution in [0.2, 0.25) is 5.15 Å². The van der Waals surface area contributed by atoms with Crippen molar-refractivity contribution in [1.29, 1.82) is 0 Å². The van der Waals surface area contributed by atoms with Gasteiger partial charge >= 0.3 is 0 Å². The Hall–Kier alpha value is -3.55. The second-order valence-corrected chi connectivity index (χ2v) is 10.3. The molecule has 0 bridgehead atoms. The SMILES string of the molecule is COC1=C(n2c(NS(=O)(=O)[C@@H](C)[C@H](C)c3cnc(Cl)cn3)nnc2-c2cccnc2)C(OC)NC=C1. The zero-order chi connectivity index (χ0) is 25.9. The number of hydrogen-bond donors (Lipinski definition) is 2. The highest BCUT2D eigenvalue weighted by atomic mass is 35.5. The number of methoxy groups -OCH3 is 2. The van der Waals surface area contributed by atoms with E-state index in [9.17, 15) is 8.42 Å². The van der Waals surface area contributed by atoms with E-state index in [2.05, 4.69) is 35.2 Å². The van der Waals surface area contributed by atoms with E-state index in [1.54, 1.807) is 50.6 Å². The van der Waals surface area contributed by atoms with Gasteiger partial charge in [-0.15, -0.1) is 10.2 Å². The average Bonchev–Trinajstić information content (AvgIpc) is 3.30. The van der Waals surface area contributed by atoms with E-state index >= 15 is 0 Å². The molecule has 0 saturated heterocycles. The quantitative estimate of drug-likeness (QED) is 0.421. The van der Waals surface area contributed by atoms with Gasteiger partial charge in [0, 0.05) is 37.2 Å². The van der Waals surface area contributed by atoms with Crippen molar-refractivity contribution in [3.63, 3.8) is 0 Å². The molecule has 4 heterocycles. The normalized spacial score (nSPS) is 17.4. The molecule has 2 N–H and O–H groups in total. The maximum atomic E-state index is 13.5. The zero-order valence-corrected chi connectivity index (χ0v) is 21.5. The van der Waals surface area contributed by atoms with Gasteiger partial charge in [0.15, 0.2) is 12.1 Å². The second-order valence-electron chi connectivity index (χ2n) is 7.90. The van der Waals surface area contributed by atoms with Crippen LogP contribution in [-0.4, -0.2) is 63.8 Å². The van der Waals surface area contributed by atoms with Crippen molar-refractivity contribution in [3.8, 4) is 11.4 Å². The number of sulfonamides is 1. The Morgan fingerprint density at radius 2 is 1.97 bits per heavy atom. The summed E-state index contributed by atoms with van der Waals surface area (Å²) in [4.78, 5) is 12.4. The molecule has 1 aliphatic rings. The fourth-order valence-corrected chi connectivity index (χ4v) is 4.98. The van der Waals surface area contributed by atoms with Crippen molar-refractivity contribution in [2.45, 2.75) is 31.2 Å². The van der Waals surface area contributed by atoms with E-state index < -0.39 is 27.4 Å². The molecule has 0 spiro atoms. The molecule has 12 nitrogen and oxygen atoms in total.